The predicted molar refractivity (Wildman–Crippen MR) is 130 cm³/mol. The van der Waals surface area contributed by atoms with Crippen molar-refractivity contribution in [3.8, 4) is 0 Å². The van der Waals surface area contributed by atoms with E-state index in [1.165, 1.54) is 25.7 Å². The molecule has 0 saturated carbocycles. The van der Waals surface area contributed by atoms with E-state index in [0.717, 1.165) is 50.7 Å². The van der Waals surface area contributed by atoms with Gasteiger partial charge in [0.05, 0.1) is 17.4 Å². The van der Waals surface area contributed by atoms with Crippen LogP contribution < -0.4 is 53.1 Å². The van der Waals surface area contributed by atoms with Gasteiger partial charge in [0.2, 0.25) is 0 Å². The van der Waals surface area contributed by atoms with Crippen LogP contribution in [0.3, 0.4) is 0 Å². The van der Waals surface area contributed by atoms with Crippen molar-refractivity contribution in [2.45, 2.75) is 107 Å². The zero-order valence-electron chi connectivity index (χ0n) is 23.4. The number of carbonyl (C=O) groups is 1. The normalized spacial score (nSPS) is 18.8. The SMILES string of the molecule is C1CCOC1.C1CCOC1.CCC(C)(C)C1=NC(C(=O)[O-])(C(C)(C)C)N=C1C(C)(C)CC.[I-].[I-].[La+3]. The zero-order chi connectivity index (χ0) is 24.6. The van der Waals surface area contributed by atoms with Gasteiger partial charge in [0.1, 0.15) is 0 Å². The number of halogens is 2. The molecular weight excluding hydrogens is 797 g/mol. The molecule has 0 aromatic rings. The van der Waals surface area contributed by atoms with Crippen LogP contribution in [0.1, 0.15) is 101 Å². The van der Waals surface area contributed by atoms with Crippen molar-refractivity contribution in [1.82, 2.24) is 0 Å². The number of hydrogen-bond donors (Lipinski definition) is 0. The molecule has 3 rings (SSSR count). The number of hydrogen-bond acceptors (Lipinski definition) is 6. The minimum Gasteiger partial charge on any atom is -1.00 e. The van der Waals surface area contributed by atoms with Crippen LogP contribution in [-0.2, 0) is 14.3 Å². The molecule has 0 N–H and O–H groups in total. The fourth-order valence-electron chi connectivity index (χ4n) is 3.49. The number of aliphatic imine (C=N–C) groups is 2. The Morgan fingerprint density at radius 2 is 1.06 bits per heavy atom. The van der Waals surface area contributed by atoms with Crippen molar-refractivity contribution in [2.24, 2.45) is 26.2 Å². The summed E-state index contributed by atoms with van der Waals surface area (Å²) in [5.41, 5.74) is -0.966. The van der Waals surface area contributed by atoms with E-state index in [9.17, 15) is 9.90 Å². The van der Waals surface area contributed by atoms with E-state index in [2.05, 4.69) is 51.5 Å². The molecule has 9 heteroatoms. The van der Waals surface area contributed by atoms with Crippen molar-refractivity contribution in [2.75, 3.05) is 26.4 Å². The molecule has 202 valence electrons. The van der Waals surface area contributed by atoms with Crippen LogP contribution in [0.15, 0.2) is 9.98 Å². The Balaban J connectivity index is -0.000000648. The molecule has 3 aliphatic rings. The zero-order valence-corrected chi connectivity index (χ0v) is 31.4. The Kier molecular flexibility index (Phi) is 20.9. The summed E-state index contributed by atoms with van der Waals surface area (Å²) in [4.78, 5) is 21.3. The Bertz CT molecular complexity index is 624. The van der Waals surface area contributed by atoms with Gasteiger partial charge in [-0.1, -0.05) is 62.3 Å². The van der Waals surface area contributed by atoms with Crippen molar-refractivity contribution >= 4 is 17.4 Å². The van der Waals surface area contributed by atoms with Crippen LogP contribution in [0, 0.1) is 51.8 Å². The second kappa shape index (κ2) is 17.9. The van der Waals surface area contributed by atoms with Gasteiger partial charge in [0.15, 0.2) is 5.66 Å². The molecule has 6 nitrogen and oxygen atoms in total. The van der Waals surface area contributed by atoms with Crippen molar-refractivity contribution < 1.29 is 103 Å². The summed E-state index contributed by atoms with van der Waals surface area (Å²) in [6, 6.07) is 0. The number of carboxylic acid groups (broad SMARTS) is 1. The number of rotatable bonds is 5. The van der Waals surface area contributed by atoms with Gasteiger partial charge in [0, 0.05) is 42.7 Å². The first-order valence-electron chi connectivity index (χ1n) is 12.3. The molecule has 0 aromatic heterocycles. The van der Waals surface area contributed by atoms with E-state index in [4.69, 9.17) is 9.47 Å². The topological polar surface area (TPSA) is 83.3 Å². The minimum atomic E-state index is -1.53. The number of carboxylic acids is 1. The molecule has 2 saturated heterocycles. The maximum Gasteiger partial charge on any atom is 3.00 e. The van der Waals surface area contributed by atoms with Gasteiger partial charge in [-0.15, -0.1) is 0 Å². The predicted octanol–water partition coefficient (Wildman–Crippen LogP) is -1.15. The van der Waals surface area contributed by atoms with Gasteiger partial charge < -0.3 is 67.3 Å². The quantitative estimate of drug-likeness (QED) is 0.328. The van der Waals surface area contributed by atoms with Gasteiger partial charge in [-0.25, -0.2) is 0 Å². The van der Waals surface area contributed by atoms with Crippen LogP contribution in [0.2, 0.25) is 0 Å². The second-order valence-corrected chi connectivity index (χ2v) is 11.2. The second-order valence-electron chi connectivity index (χ2n) is 11.2. The summed E-state index contributed by atoms with van der Waals surface area (Å²) in [5, 5.41) is 12.0. The Morgan fingerprint density at radius 3 is 1.20 bits per heavy atom. The molecule has 0 atom stereocenters. The maximum atomic E-state index is 12.0. The fourth-order valence-corrected chi connectivity index (χ4v) is 3.49. The third kappa shape index (κ3) is 11.6. The van der Waals surface area contributed by atoms with E-state index in [0.29, 0.717) is 0 Å². The van der Waals surface area contributed by atoms with Crippen LogP contribution in [0.5, 0.6) is 0 Å². The molecule has 0 aliphatic carbocycles. The Hall–Kier alpha value is 1.38. The fraction of sp³-hybridized carbons (Fsp3) is 0.885. The summed E-state index contributed by atoms with van der Waals surface area (Å²) in [7, 11) is 0. The molecule has 3 aliphatic heterocycles. The first kappa shape index (κ1) is 40.9. The van der Waals surface area contributed by atoms with Gasteiger partial charge in [-0.3, -0.25) is 9.98 Å². The molecule has 0 unspecified atom stereocenters. The first-order valence-corrected chi connectivity index (χ1v) is 12.3. The van der Waals surface area contributed by atoms with Crippen LogP contribution in [-0.4, -0.2) is 49.5 Å². The molecule has 2 fully saturated rings. The van der Waals surface area contributed by atoms with Gasteiger partial charge >= 0.3 is 35.6 Å². The molecule has 0 amide bonds. The molecule has 0 aromatic carbocycles. The average molecular weight is 844 g/mol. The van der Waals surface area contributed by atoms with Gasteiger partial charge in [-0.2, -0.15) is 0 Å². The maximum absolute atomic E-state index is 12.0. The van der Waals surface area contributed by atoms with E-state index in [-0.39, 0.29) is 94.4 Å². The summed E-state index contributed by atoms with van der Waals surface area (Å²) in [5.74, 6) is -1.22. The van der Waals surface area contributed by atoms with E-state index in [1.807, 2.05) is 20.8 Å². The van der Waals surface area contributed by atoms with E-state index >= 15 is 0 Å². The van der Waals surface area contributed by atoms with Crippen LogP contribution in [0.25, 0.3) is 0 Å². The van der Waals surface area contributed by atoms with Gasteiger partial charge in [-0.05, 0) is 38.5 Å². The van der Waals surface area contributed by atoms with Gasteiger partial charge in [0.25, 0.3) is 0 Å². The summed E-state index contributed by atoms with van der Waals surface area (Å²) in [6.07, 6.45) is 6.86. The standard InChI is InChI=1S/C18H32N2O2.2C4H8O.2HI.La/c1-10-16(6,7)12-13(17(8,9)11-2)20-18(19-12,14(21)22)15(3,4)5;2*1-2-4-5-3-1;;;/h10-11H2,1-9H3,(H,21,22);2*1-4H2;2*1H;/q;;;;;+3/p-3. The number of carbonyl (C=O) groups excluding carboxylic acids is 1. The average Bonchev–Trinajstić information content (AvgIpc) is 3.51. The molecule has 35 heavy (non-hydrogen) atoms. The third-order valence-electron chi connectivity index (χ3n) is 6.81. The number of ether oxygens (including phenoxy) is 2. The van der Waals surface area contributed by atoms with Crippen molar-refractivity contribution in [1.29, 1.82) is 0 Å². The minimum absolute atomic E-state index is 0. The van der Waals surface area contributed by atoms with E-state index < -0.39 is 17.0 Å². The molecule has 3 heterocycles. The van der Waals surface area contributed by atoms with Crippen LogP contribution in [0.4, 0.5) is 0 Å². The molecular formula is C26H47I2LaN2O4. The monoisotopic (exact) mass is 844 g/mol. The van der Waals surface area contributed by atoms with Crippen molar-refractivity contribution in [3.63, 3.8) is 0 Å². The summed E-state index contributed by atoms with van der Waals surface area (Å²) in [6.45, 7) is 22.1. The number of aliphatic carboxylic acids is 1. The number of nitrogens with zero attached hydrogens (tertiary/aromatic N) is 2. The largest absolute Gasteiger partial charge is 3.00 e. The van der Waals surface area contributed by atoms with Crippen molar-refractivity contribution in [3.05, 3.63) is 0 Å². The summed E-state index contributed by atoms with van der Waals surface area (Å²) >= 11 is 0. The Labute approximate surface area is 276 Å². The van der Waals surface area contributed by atoms with E-state index in [1.54, 1.807) is 0 Å². The summed E-state index contributed by atoms with van der Waals surface area (Å²) < 4.78 is 9.89. The smallest absolute Gasteiger partial charge is 1.00 e. The molecule has 0 spiro atoms. The molecule has 0 radical (unpaired) electrons. The Morgan fingerprint density at radius 1 is 0.771 bits per heavy atom. The first-order chi connectivity index (χ1) is 14.7. The third-order valence-corrected chi connectivity index (χ3v) is 6.81. The van der Waals surface area contributed by atoms with Crippen LogP contribution >= 0.6 is 0 Å². The molecule has 0 bridgehead atoms.